The molecule has 140 valence electrons. The average molecular weight is 358 g/mol. The van der Waals surface area contributed by atoms with Crippen molar-refractivity contribution in [3.63, 3.8) is 0 Å². The van der Waals surface area contributed by atoms with Crippen LogP contribution in [0.4, 0.5) is 11.4 Å². The van der Waals surface area contributed by atoms with Crippen molar-refractivity contribution in [1.29, 1.82) is 0 Å². The number of hydrogen-bond donors (Lipinski definition) is 2. The summed E-state index contributed by atoms with van der Waals surface area (Å²) in [4.78, 5) is 40.6. The third kappa shape index (κ3) is 4.04. The predicted octanol–water partition coefficient (Wildman–Crippen LogP) is 1.35. The number of carbonyl (C=O) groups excluding carboxylic acids is 3. The molecule has 7 nitrogen and oxygen atoms in total. The first-order valence-corrected chi connectivity index (χ1v) is 9.29. The minimum Gasteiger partial charge on any atom is -0.338 e. The van der Waals surface area contributed by atoms with Crippen LogP contribution in [0.2, 0.25) is 0 Å². The largest absolute Gasteiger partial charge is 0.338 e. The molecule has 2 N–H and O–H groups in total. The second-order valence-corrected chi connectivity index (χ2v) is 6.78. The van der Waals surface area contributed by atoms with Gasteiger partial charge < -0.3 is 20.4 Å². The molecule has 7 heteroatoms. The maximum absolute atomic E-state index is 12.7. The zero-order chi connectivity index (χ0) is 18.5. The normalized spacial score (nSPS) is 19.0. The minimum atomic E-state index is -0.215. The van der Waals surface area contributed by atoms with Gasteiger partial charge in [0.1, 0.15) is 6.54 Å². The number of amides is 3. The molecule has 0 spiro atoms. The first-order valence-electron chi connectivity index (χ1n) is 9.29. The number of para-hydroxylation sites is 2. The number of hydrogen-bond acceptors (Lipinski definition) is 4. The topological polar surface area (TPSA) is 81.8 Å². The molecule has 1 saturated heterocycles. The lowest BCUT2D eigenvalue weighted by atomic mass is 10.1. The summed E-state index contributed by atoms with van der Waals surface area (Å²) in [5.41, 5.74) is 1.32. The Bertz CT molecular complexity index is 685. The van der Waals surface area contributed by atoms with Gasteiger partial charge in [0.05, 0.1) is 11.4 Å². The van der Waals surface area contributed by atoms with Crippen LogP contribution in [0, 0.1) is 0 Å². The van der Waals surface area contributed by atoms with Crippen molar-refractivity contribution in [2.24, 2.45) is 0 Å². The van der Waals surface area contributed by atoms with Gasteiger partial charge in [-0.1, -0.05) is 19.1 Å². The molecule has 2 aliphatic rings. The summed E-state index contributed by atoms with van der Waals surface area (Å²) in [5, 5.41) is 6.05. The number of benzene rings is 1. The van der Waals surface area contributed by atoms with Crippen molar-refractivity contribution >= 4 is 29.1 Å². The predicted molar refractivity (Wildman–Crippen MR) is 99.9 cm³/mol. The Morgan fingerprint density at radius 3 is 2.81 bits per heavy atom. The van der Waals surface area contributed by atoms with E-state index in [4.69, 9.17) is 0 Å². The fraction of sp³-hybridized carbons (Fsp3) is 0.526. The van der Waals surface area contributed by atoms with Crippen LogP contribution in [-0.2, 0) is 14.4 Å². The van der Waals surface area contributed by atoms with Crippen LogP contribution in [0.5, 0.6) is 0 Å². The van der Waals surface area contributed by atoms with Gasteiger partial charge in [-0.15, -0.1) is 0 Å². The maximum atomic E-state index is 12.7. The van der Waals surface area contributed by atoms with Gasteiger partial charge in [0.25, 0.3) is 0 Å². The average Bonchev–Trinajstić information content (AvgIpc) is 3.17. The van der Waals surface area contributed by atoms with Crippen molar-refractivity contribution in [3.05, 3.63) is 24.3 Å². The quantitative estimate of drug-likeness (QED) is 0.804. The van der Waals surface area contributed by atoms with Gasteiger partial charge >= 0.3 is 0 Å². The number of carbonyl (C=O) groups is 3. The van der Waals surface area contributed by atoms with Crippen molar-refractivity contribution in [2.45, 2.75) is 38.6 Å². The van der Waals surface area contributed by atoms with E-state index >= 15 is 0 Å². The van der Waals surface area contributed by atoms with Crippen LogP contribution in [0.3, 0.4) is 0 Å². The Kier molecular flexibility index (Phi) is 5.88. The van der Waals surface area contributed by atoms with Crippen molar-refractivity contribution in [1.82, 2.24) is 10.2 Å². The second kappa shape index (κ2) is 8.31. The van der Waals surface area contributed by atoms with Crippen molar-refractivity contribution in [3.8, 4) is 0 Å². The van der Waals surface area contributed by atoms with Crippen LogP contribution in [0.25, 0.3) is 0 Å². The lowest BCUT2D eigenvalue weighted by Gasteiger charge is -2.30. The molecule has 1 unspecified atom stereocenters. The van der Waals surface area contributed by atoms with E-state index in [1.54, 1.807) is 6.07 Å². The Morgan fingerprint density at radius 1 is 1.27 bits per heavy atom. The molecule has 1 aromatic rings. The summed E-state index contributed by atoms with van der Waals surface area (Å²) in [7, 11) is 0. The highest BCUT2D eigenvalue weighted by molar-refractivity contribution is 6.10. The molecular formula is C19H26N4O3. The van der Waals surface area contributed by atoms with E-state index in [9.17, 15) is 14.4 Å². The van der Waals surface area contributed by atoms with Gasteiger partial charge in [-0.25, -0.2) is 0 Å². The fourth-order valence-electron chi connectivity index (χ4n) is 3.61. The molecule has 0 saturated carbocycles. The molecule has 0 aliphatic carbocycles. The Hall–Kier alpha value is -2.41. The number of fused-ring (bicyclic) bond motifs is 1. The summed E-state index contributed by atoms with van der Waals surface area (Å²) < 4.78 is 0. The van der Waals surface area contributed by atoms with Crippen LogP contribution in [0.1, 0.15) is 32.6 Å². The molecule has 0 radical (unpaired) electrons. The molecule has 26 heavy (non-hydrogen) atoms. The van der Waals surface area contributed by atoms with Crippen LogP contribution in [-0.4, -0.2) is 54.8 Å². The lowest BCUT2D eigenvalue weighted by molar-refractivity contribution is -0.135. The van der Waals surface area contributed by atoms with Crippen LogP contribution in [0.15, 0.2) is 24.3 Å². The summed E-state index contributed by atoms with van der Waals surface area (Å²) in [5.74, 6) is -0.390. The van der Waals surface area contributed by atoms with Gasteiger partial charge in [0, 0.05) is 32.0 Å². The monoisotopic (exact) mass is 358 g/mol. The van der Waals surface area contributed by atoms with E-state index in [1.807, 2.05) is 23.1 Å². The van der Waals surface area contributed by atoms with E-state index in [2.05, 4.69) is 17.6 Å². The van der Waals surface area contributed by atoms with E-state index in [0.29, 0.717) is 17.9 Å². The summed E-state index contributed by atoms with van der Waals surface area (Å²) in [6.07, 6.45) is 2.14. The second-order valence-electron chi connectivity index (χ2n) is 6.78. The highest BCUT2D eigenvalue weighted by atomic mass is 16.2. The third-order valence-corrected chi connectivity index (χ3v) is 4.88. The molecule has 2 aliphatic heterocycles. The van der Waals surface area contributed by atoms with Gasteiger partial charge in [-0.3, -0.25) is 14.4 Å². The highest BCUT2D eigenvalue weighted by Crippen LogP contribution is 2.29. The smallest absolute Gasteiger partial charge is 0.244 e. The van der Waals surface area contributed by atoms with Crippen LogP contribution >= 0.6 is 0 Å². The van der Waals surface area contributed by atoms with Gasteiger partial charge in [-0.2, -0.15) is 0 Å². The molecule has 0 bridgehead atoms. The number of rotatable bonds is 6. The maximum Gasteiger partial charge on any atom is 0.244 e. The zero-order valence-corrected chi connectivity index (χ0v) is 15.2. The first-order chi connectivity index (χ1) is 12.6. The van der Waals surface area contributed by atoms with Crippen molar-refractivity contribution < 1.29 is 14.4 Å². The van der Waals surface area contributed by atoms with Gasteiger partial charge in [0.2, 0.25) is 17.7 Å². The highest BCUT2D eigenvalue weighted by Gasteiger charge is 2.29. The van der Waals surface area contributed by atoms with Crippen LogP contribution < -0.4 is 15.5 Å². The Morgan fingerprint density at radius 2 is 2.08 bits per heavy atom. The van der Waals surface area contributed by atoms with Gasteiger partial charge in [-0.05, 0) is 31.5 Å². The molecule has 3 amide bonds. The van der Waals surface area contributed by atoms with E-state index in [0.717, 1.165) is 25.9 Å². The molecular weight excluding hydrogens is 332 g/mol. The number of anilines is 2. The zero-order valence-electron chi connectivity index (χ0n) is 15.2. The molecule has 1 fully saturated rings. The van der Waals surface area contributed by atoms with E-state index in [-0.39, 0.29) is 43.1 Å². The molecule has 1 aromatic carbocycles. The SMILES string of the molecule is CCCN(C(=O)CCC(=O)N1CC(=O)Nc2ccccc21)C1CCNC1. The van der Waals surface area contributed by atoms with Gasteiger partial charge in [0.15, 0.2) is 0 Å². The summed E-state index contributed by atoms with van der Waals surface area (Å²) in [6.45, 7) is 4.51. The first kappa shape index (κ1) is 18.4. The van der Waals surface area contributed by atoms with E-state index < -0.39 is 0 Å². The molecule has 0 aromatic heterocycles. The minimum absolute atomic E-state index is 0.00471. The van der Waals surface area contributed by atoms with Crippen molar-refractivity contribution in [2.75, 3.05) is 36.4 Å². The number of nitrogens with zero attached hydrogens (tertiary/aromatic N) is 2. The summed E-state index contributed by atoms with van der Waals surface area (Å²) in [6, 6.07) is 7.45. The summed E-state index contributed by atoms with van der Waals surface area (Å²) >= 11 is 0. The standard InChI is InChI=1S/C19H26N4O3/c1-2-11-22(14-9-10-20-12-14)18(25)7-8-19(26)23-13-17(24)21-15-5-3-4-6-16(15)23/h3-6,14,20H,2,7-13H2,1H3,(H,21,24). The molecule has 3 rings (SSSR count). The fourth-order valence-corrected chi connectivity index (χ4v) is 3.61. The van der Waals surface area contributed by atoms with E-state index in [1.165, 1.54) is 4.90 Å². The third-order valence-electron chi connectivity index (χ3n) is 4.88. The Balaban J connectivity index is 1.63. The number of nitrogens with one attached hydrogen (secondary N) is 2. The Labute approximate surface area is 153 Å². The molecule has 2 heterocycles. The lowest BCUT2D eigenvalue weighted by Crippen LogP contribution is -2.44. The molecule has 1 atom stereocenters.